The second kappa shape index (κ2) is 7.87. The van der Waals surface area contributed by atoms with Crippen LogP contribution in [0.5, 0.6) is 0 Å². The maximum Gasteiger partial charge on any atom is 0.396 e. The molecule has 156 valence electrons. The van der Waals surface area contributed by atoms with Crippen molar-refractivity contribution in [3.05, 3.63) is 9.39 Å². The van der Waals surface area contributed by atoms with Crippen LogP contribution in [-0.2, 0) is 36.1 Å². The molecule has 1 aromatic rings. The summed E-state index contributed by atoms with van der Waals surface area (Å²) < 4.78 is 38.6. The maximum atomic E-state index is 13.6. The number of esters is 2. The number of nitrogens with zero attached hydrogens (tertiary/aromatic N) is 3. The highest BCUT2D eigenvalue weighted by Crippen LogP contribution is 2.51. The van der Waals surface area contributed by atoms with Gasteiger partial charge in [0.25, 0.3) is 5.92 Å². The fraction of sp³-hybridized carbons (Fsp3) is 0.688. The number of ether oxygens (including phenoxy) is 2. The van der Waals surface area contributed by atoms with Crippen molar-refractivity contribution >= 4 is 40.4 Å². The minimum Gasteiger partial charge on any atom is -0.459 e. The Bertz CT molecular complexity index is 782. The quantitative estimate of drug-likeness (QED) is 0.362. The van der Waals surface area contributed by atoms with Gasteiger partial charge in [0.15, 0.2) is 6.73 Å². The number of carbonyl (C=O) groups excluding carboxylic acids is 3. The van der Waals surface area contributed by atoms with Crippen molar-refractivity contribution in [2.45, 2.75) is 58.7 Å². The average molecular weight is 514 g/mol. The molecule has 0 bridgehead atoms. The van der Waals surface area contributed by atoms with E-state index in [1.807, 2.05) is 22.6 Å². The topological polar surface area (TPSA) is 112 Å². The summed E-state index contributed by atoms with van der Waals surface area (Å²) in [5.41, 5.74) is -2.21. The molecule has 1 saturated carbocycles. The van der Waals surface area contributed by atoms with Crippen molar-refractivity contribution in [1.82, 2.24) is 20.3 Å². The van der Waals surface area contributed by atoms with Gasteiger partial charge in [0.2, 0.25) is 0 Å². The number of hydrogen-bond acceptors (Lipinski definition) is 7. The number of nitrogens with one attached hydrogen (secondary N) is 1. The first-order valence-corrected chi connectivity index (χ1v) is 9.53. The molecule has 1 aromatic heterocycles. The molecule has 1 N–H and O–H groups in total. The van der Waals surface area contributed by atoms with Crippen LogP contribution >= 0.6 is 22.6 Å². The lowest BCUT2D eigenvalue weighted by Gasteiger charge is -2.46. The fourth-order valence-electron chi connectivity index (χ4n) is 2.62. The highest BCUT2D eigenvalue weighted by atomic mass is 127. The van der Waals surface area contributed by atoms with Gasteiger partial charge in [0.1, 0.15) is 9.39 Å². The largest absolute Gasteiger partial charge is 0.459 e. The zero-order valence-corrected chi connectivity index (χ0v) is 18.0. The summed E-state index contributed by atoms with van der Waals surface area (Å²) in [5, 5.41) is 10.0. The second-order valence-corrected chi connectivity index (χ2v) is 8.53. The summed E-state index contributed by atoms with van der Waals surface area (Å²) in [6, 6.07) is 0. The molecule has 0 atom stereocenters. The Hall–Kier alpha value is -1.86. The van der Waals surface area contributed by atoms with Gasteiger partial charge in [-0.1, -0.05) is 5.21 Å². The van der Waals surface area contributed by atoms with Gasteiger partial charge in [0.05, 0.1) is 17.6 Å². The molecule has 1 heterocycles. The van der Waals surface area contributed by atoms with Crippen molar-refractivity contribution in [1.29, 1.82) is 0 Å². The summed E-state index contributed by atoms with van der Waals surface area (Å²) in [5.74, 6) is -5.80. The lowest BCUT2D eigenvalue weighted by molar-refractivity contribution is -0.165. The van der Waals surface area contributed by atoms with Crippen molar-refractivity contribution in [3.63, 3.8) is 0 Å². The van der Waals surface area contributed by atoms with Crippen LogP contribution in [0.25, 0.3) is 0 Å². The van der Waals surface area contributed by atoms with Gasteiger partial charge in [-0.25, -0.2) is 18.3 Å². The van der Waals surface area contributed by atoms with E-state index in [0.29, 0.717) is 3.70 Å². The van der Waals surface area contributed by atoms with Crippen LogP contribution in [0.1, 0.15) is 46.2 Å². The molecule has 2 rings (SSSR count). The molecule has 0 spiro atoms. The van der Waals surface area contributed by atoms with Gasteiger partial charge >= 0.3 is 17.8 Å². The van der Waals surface area contributed by atoms with E-state index in [1.54, 1.807) is 20.8 Å². The molecule has 9 nitrogen and oxygen atoms in total. The molecule has 0 aromatic carbocycles. The lowest BCUT2D eigenvalue weighted by Crippen LogP contribution is -2.61. The zero-order valence-electron chi connectivity index (χ0n) is 15.8. The van der Waals surface area contributed by atoms with Gasteiger partial charge in [-0.05, 0) is 50.3 Å². The number of rotatable bonds is 5. The molecule has 0 radical (unpaired) electrons. The summed E-state index contributed by atoms with van der Waals surface area (Å²) in [4.78, 5) is 35.5. The molecular weight excluding hydrogens is 493 g/mol. The molecule has 1 aliphatic rings. The van der Waals surface area contributed by atoms with Crippen LogP contribution in [-0.4, -0.2) is 45.4 Å². The minimum atomic E-state index is -3.02. The SMILES string of the molecule is CCOC(=O)C(=O)NC1(c2nnn(COC(=O)C(C)(C)C)c2I)CC(F)(F)C1. The highest BCUT2D eigenvalue weighted by Gasteiger charge is 2.61. The normalized spacial score (nSPS) is 17.4. The van der Waals surface area contributed by atoms with E-state index in [1.165, 1.54) is 11.6 Å². The predicted molar refractivity (Wildman–Crippen MR) is 98.9 cm³/mol. The molecule has 0 saturated heterocycles. The zero-order chi connectivity index (χ0) is 21.3. The van der Waals surface area contributed by atoms with Gasteiger partial charge in [-0.3, -0.25) is 9.59 Å². The first kappa shape index (κ1) is 22.4. The molecule has 28 heavy (non-hydrogen) atoms. The Balaban J connectivity index is 2.22. The van der Waals surface area contributed by atoms with E-state index in [0.717, 1.165) is 0 Å². The Labute approximate surface area is 173 Å². The Morgan fingerprint density at radius 2 is 1.86 bits per heavy atom. The smallest absolute Gasteiger partial charge is 0.396 e. The second-order valence-electron chi connectivity index (χ2n) is 7.51. The van der Waals surface area contributed by atoms with Gasteiger partial charge in [-0.15, -0.1) is 5.10 Å². The number of alkyl halides is 2. The Morgan fingerprint density at radius 1 is 1.25 bits per heavy atom. The fourth-order valence-corrected chi connectivity index (χ4v) is 3.48. The third-order valence-corrected chi connectivity index (χ3v) is 5.06. The van der Waals surface area contributed by atoms with Gasteiger partial charge < -0.3 is 14.8 Å². The van der Waals surface area contributed by atoms with E-state index in [2.05, 4.69) is 20.4 Å². The van der Waals surface area contributed by atoms with E-state index in [9.17, 15) is 23.2 Å². The third kappa shape index (κ3) is 4.75. The van der Waals surface area contributed by atoms with Crippen LogP contribution in [0, 0.1) is 9.12 Å². The first-order valence-electron chi connectivity index (χ1n) is 8.45. The lowest BCUT2D eigenvalue weighted by atomic mass is 9.71. The standard InChI is InChI=1S/C16H21F2IN4O5/c1-5-27-12(25)11(24)20-15(6-16(17,18)7-15)9-10(19)23(22-21-9)8-28-13(26)14(2,3)4/h5-8H2,1-4H3,(H,20,24). The molecular formula is C16H21F2IN4O5. The average Bonchev–Trinajstić information content (AvgIpc) is 2.91. The molecule has 1 amide bonds. The summed E-state index contributed by atoms with van der Waals surface area (Å²) >= 11 is 1.81. The Kier molecular flexibility index (Phi) is 6.31. The summed E-state index contributed by atoms with van der Waals surface area (Å²) in [6.45, 7) is 6.28. The van der Waals surface area contributed by atoms with Crippen LogP contribution < -0.4 is 5.32 Å². The number of aromatic nitrogens is 3. The number of hydrogen-bond donors (Lipinski definition) is 1. The molecule has 1 aliphatic carbocycles. The van der Waals surface area contributed by atoms with Gasteiger partial charge in [-0.2, -0.15) is 0 Å². The molecule has 0 aliphatic heterocycles. The molecule has 12 heteroatoms. The van der Waals surface area contributed by atoms with Crippen LogP contribution in [0.3, 0.4) is 0 Å². The monoisotopic (exact) mass is 514 g/mol. The van der Waals surface area contributed by atoms with Crippen molar-refractivity contribution in [2.24, 2.45) is 5.41 Å². The van der Waals surface area contributed by atoms with Crippen molar-refractivity contribution < 1.29 is 32.6 Å². The predicted octanol–water partition coefficient (Wildman–Crippen LogP) is 1.73. The third-order valence-electron chi connectivity index (χ3n) is 3.99. The Morgan fingerprint density at radius 3 is 2.36 bits per heavy atom. The van der Waals surface area contributed by atoms with E-state index >= 15 is 0 Å². The van der Waals surface area contributed by atoms with Crippen LogP contribution in [0.2, 0.25) is 0 Å². The number of carbonyl (C=O) groups is 3. The maximum absolute atomic E-state index is 13.6. The van der Waals surface area contributed by atoms with Crippen LogP contribution in [0.4, 0.5) is 8.78 Å². The van der Waals surface area contributed by atoms with Gasteiger partial charge in [0, 0.05) is 12.8 Å². The van der Waals surface area contributed by atoms with E-state index < -0.39 is 47.6 Å². The van der Waals surface area contributed by atoms with E-state index in [-0.39, 0.29) is 19.0 Å². The minimum absolute atomic E-state index is 0.0255. The molecule has 1 fully saturated rings. The first-order chi connectivity index (χ1) is 12.8. The number of halogens is 3. The van der Waals surface area contributed by atoms with Crippen LogP contribution in [0.15, 0.2) is 0 Å². The van der Waals surface area contributed by atoms with Crippen molar-refractivity contribution in [3.8, 4) is 0 Å². The summed E-state index contributed by atoms with van der Waals surface area (Å²) in [6.07, 6.45) is -1.47. The highest BCUT2D eigenvalue weighted by molar-refractivity contribution is 14.1. The summed E-state index contributed by atoms with van der Waals surface area (Å²) in [7, 11) is 0. The molecule has 0 unspecified atom stereocenters. The van der Waals surface area contributed by atoms with E-state index in [4.69, 9.17) is 4.74 Å². The number of amides is 1. The van der Waals surface area contributed by atoms with Crippen molar-refractivity contribution in [2.75, 3.05) is 6.61 Å².